The Hall–Kier alpha value is -0.510. The maximum atomic E-state index is 9.84. The van der Waals surface area contributed by atoms with E-state index >= 15 is 0 Å². The van der Waals surface area contributed by atoms with Crippen LogP contribution in [0, 0.1) is 34.5 Å². The molecule has 2 aliphatic rings. The summed E-state index contributed by atoms with van der Waals surface area (Å²) in [5.41, 5.74) is 0.0368. The Morgan fingerprint density at radius 1 is 0.840 bits per heavy atom. The highest BCUT2D eigenvalue weighted by Gasteiger charge is 2.39. The largest absolute Gasteiger partial charge is 0.198 e. The summed E-state index contributed by atoms with van der Waals surface area (Å²) in [6, 6.07) is 2.77. The zero-order valence-corrected chi connectivity index (χ0v) is 17.2. The molecule has 1 nitrogen and oxygen atoms in total. The molecule has 144 valence electrons. The molecule has 25 heavy (non-hydrogen) atoms. The van der Waals surface area contributed by atoms with E-state index in [1.165, 1.54) is 103 Å². The summed E-state index contributed by atoms with van der Waals surface area (Å²) in [6.07, 6.45) is 23.2. The van der Waals surface area contributed by atoms with Crippen molar-refractivity contribution < 1.29 is 0 Å². The molecule has 2 aliphatic carbocycles. The number of nitriles is 1. The topological polar surface area (TPSA) is 23.8 Å². The van der Waals surface area contributed by atoms with E-state index in [-0.39, 0.29) is 5.41 Å². The minimum atomic E-state index is 0.0368. The molecule has 0 aromatic carbocycles. The highest BCUT2D eigenvalue weighted by Crippen LogP contribution is 2.48. The molecule has 2 unspecified atom stereocenters. The number of hydrogen-bond acceptors (Lipinski definition) is 1. The van der Waals surface area contributed by atoms with Crippen LogP contribution in [0.2, 0.25) is 0 Å². The molecule has 0 N–H and O–H groups in total. The molecule has 0 aromatic heterocycles. The van der Waals surface area contributed by atoms with Crippen LogP contribution in [0.4, 0.5) is 0 Å². The lowest BCUT2D eigenvalue weighted by Crippen LogP contribution is -2.32. The second kappa shape index (κ2) is 11.3. The molecule has 2 atom stereocenters. The van der Waals surface area contributed by atoms with E-state index < -0.39 is 0 Å². The Labute approximate surface area is 158 Å². The minimum absolute atomic E-state index is 0.0368. The fraction of sp³-hybridized carbons (Fsp3) is 0.958. The highest BCUT2D eigenvalue weighted by molar-refractivity contribution is 5.03. The van der Waals surface area contributed by atoms with Gasteiger partial charge in [-0.1, -0.05) is 90.9 Å². The van der Waals surface area contributed by atoms with Crippen LogP contribution in [0.1, 0.15) is 123 Å². The summed E-state index contributed by atoms with van der Waals surface area (Å²) in [5.74, 6) is 2.81. The minimum Gasteiger partial charge on any atom is -0.198 e. The van der Waals surface area contributed by atoms with E-state index in [4.69, 9.17) is 0 Å². The van der Waals surface area contributed by atoms with Crippen molar-refractivity contribution in [2.45, 2.75) is 123 Å². The van der Waals surface area contributed by atoms with Crippen LogP contribution in [0.3, 0.4) is 0 Å². The van der Waals surface area contributed by atoms with Crippen LogP contribution in [-0.2, 0) is 0 Å². The van der Waals surface area contributed by atoms with Crippen LogP contribution in [0.25, 0.3) is 0 Å². The number of nitrogens with zero attached hydrogens (tertiary/aromatic N) is 1. The van der Waals surface area contributed by atoms with Crippen molar-refractivity contribution in [1.82, 2.24) is 0 Å². The van der Waals surface area contributed by atoms with Crippen molar-refractivity contribution in [3.05, 3.63) is 0 Å². The van der Waals surface area contributed by atoms with Gasteiger partial charge in [-0.2, -0.15) is 5.26 Å². The third kappa shape index (κ3) is 6.62. The van der Waals surface area contributed by atoms with E-state index in [2.05, 4.69) is 19.9 Å². The van der Waals surface area contributed by atoms with Gasteiger partial charge in [-0.25, -0.2) is 0 Å². The second-order valence-electron chi connectivity index (χ2n) is 9.34. The van der Waals surface area contributed by atoms with Gasteiger partial charge in [0.05, 0.1) is 11.5 Å². The second-order valence-corrected chi connectivity index (χ2v) is 9.34. The molecule has 1 heteroatoms. The molecule has 2 saturated carbocycles. The van der Waals surface area contributed by atoms with Crippen molar-refractivity contribution in [1.29, 1.82) is 5.26 Å². The summed E-state index contributed by atoms with van der Waals surface area (Å²) in [6.45, 7) is 4.56. The van der Waals surface area contributed by atoms with Gasteiger partial charge in [0, 0.05) is 0 Å². The Morgan fingerprint density at radius 3 is 2.24 bits per heavy atom. The third-order valence-electron chi connectivity index (χ3n) is 7.40. The monoisotopic (exact) mass is 345 g/mol. The average molecular weight is 346 g/mol. The Kier molecular flexibility index (Phi) is 9.36. The first-order valence-electron chi connectivity index (χ1n) is 11.6. The zero-order valence-electron chi connectivity index (χ0n) is 17.2. The van der Waals surface area contributed by atoms with Crippen LogP contribution >= 0.6 is 0 Å². The molecule has 0 radical (unpaired) electrons. The lowest BCUT2D eigenvalue weighted by molar-refractivity contribution is 0.102. The molecular weight excluding hydrogens is 302 g/mol. The van der Waals surface area contributed by atoms with Crippen LogP contribution in [0.15, 0.2) is 0 Å². The van der Waals surface area contributed by atoms with Gasteiger partial charge in [0.2, 0.25) is 0 Å². The summed E-state index contributed by atoms with van der Waals surface area (Å²) < 4.78 is 0. The van der Waals surface area contributed by atoms with Crippen molar-refractivity contribution in [2.75, 3.05) is 0 Å². The van der Waals surface area contributed by atoms with Gasteiger partial charge >= 0.3 is 0 Å². The first kappa shape index (κ1) is 20.8. The Bertz CT molecular complexity index is 387. The van der Waals surface area contributed by atoms with E-state index in [1.807, 2.05) is 0 Å². The van der Waals surface area contributed by atoms with Crippen molar-refractivity contribution in [3.63, 3.8) is 0 Å². The molecule has 2 rings (SSSR count). The van der Waals surface area contributed by atoms with Gasteiger partial charge in [-0.15, -0.1) is 0 Å². The molecule has 0 saturated heterocycles. The first-order valence-corrected chi connectivity index (χ1v) is 11.6. The van der Waals surface area contributed by atoms with E-state index in [0.29, 0.717) is 0 Å². The van der Waals surface area contributed by atoms with Crippen molar-refractivity contribution in [3.8, 4) is 6.07 Å². The van der Waals surface area contributed by atoms with Crippen LogP contribution in [0.5, 0.6) is 0 Å². The Morgan fingerprint density at radius 2 is 1.56 bits per heavy atom. The van der Waals surface area contributed by atoms with Gasteiger partial charge in [-0.05, 0) is 49.9 Å². The Balaban J connectivity index is 1.71. The molecular formula is C24H43N. The molecule has 0 bridgehead atoms. The lowest BCUT2D eigenvalue weighted by Gasteiger charge is -2.42. The fourth-order valence-corrected chi connectivity index (χ4v) is 5.70. The quantitative estimate of drug-likeness (QED) is 0.367. The SMILES string of the molecule is CCCCCCCC1CCC(C2CCCC(C#N)(CCCC)C2)CC1. The van der Waals surface area contributed by atoms with Gasteiger partial charge in [0.15, 0.2) is 0 Å². The van der Waals surface area contributed by atoms with Gasteiger partial charge in [-0.3, -0.25) is 0 Å². The maximum Gasteiger partial charge on any atom is 0.0689 e. The van der Waals surface area contributed by atoms with Gasteiger partial charge in [0.25, 0.3) is 0 Å². The smallest absolute Gasteiger partial charge is 0.0689 e. The van der Waals surface area contributed by atoms with Crippen molar-refractivity contribution in [2.24, 2.45) is 23.2 Å². The van der Waals surface area contributed by atoms with Crippen molar-refractivity contribution >= 4 is 0 Å². The fourth-order valence-electron chi connectivity index (χ4n) is 5.70. The maximum absolute atomic E-state index is 9.84. The molecule has 0 aliphatic heterocycles. The molecule has 0 heterocycles. The third-order valence-corrected chi connectivity index (χ3v) is 7.40. The van der Waals surface area contributed by atoms with Gasteiger partial charge in [0.1, 0.15) is 0 Å². The lowest BCUT2D eigenvalue weighted by atomic mass is 9.62. The van der Waals surface area contributed by atoms with E-state index in [1.54, 1.807) is 0 Å². The van der Waals surface area contributed by atoms with Gasteiger partial charge < -0.3 is 0 Å². The standard InChI is InChI=1S/C24H43N/c1-3-5-7-8-9-11-21-13-15-22(16-14-21)23-12-10-18-24(19-23,20-25)17-6-4-2/h21-23H,3-19H2,1-2H3. The first-order chi connectivity index (χ1) is 12.2. The zero-order chi connectivity index (χ0) is 18.0. The summed E-state index contributed by atoms with van der Waals surface area (Å²) in [4.78, 5) is 0. The summed E-state index contributed by atoms with van der Waals surface area (Å²) in [5, 5.41) is 9.84. The molecule has 0 aromatic rings. The normalized spacial score (nSPS) is 33.1. The number of hydrogen-bond donors (Lipinski definition) is 0. The highest BCUT2D eigenvalue weighted by atomic mass is 14.5. The predicted octanol–water partition coefficient (Wildman–Crippen LogP) is 8.04. The van der Waals surface area contributed by atoms with E-state index in [9.17, 15) is 5.26 Å². The molecule has 0 amide bonds. The van der Waals surface area contributed by atoms with Crippen LogP contribution in [-0.4, -0.2) is 0 Å². The molecule has 0 spiro atoms. The predicted molar refractivity (Wildman–Crippen MR) is 108 cm³/mol. The average Bonchev–Trinajstić information content (AvgIpc) is 2.67. The summed E-state index contributed by atoms with van der Waals surface area (Å²) >= 11 is 0. The van der Waals surface area contributed by atoms with Crippen LogP contribution < -0.4 is 0 Å². The number of rotatable bonds is 10. The summed E-state index contributed by atoms with van der Waals surface area (Å²) in [7, 11) is 0. The van der Waals surface area contributed by atoms with E-state index in [0.717, 1.165) is 24.2 Å². The number of unbranched alkanes of at least 4 members (excludes halogenated alkanes) is 5. The molecule has 2 fully saturated rings.